The van der Waals surface area contributed by atoms with Gasteiger partial charge in [-0.3, -0.25) is 0 Å². The lowest BCUT2D eigenvalue weighted by Gasteiger charge is -2.04. The molecule has 2 rings (SSSR count). The van der Waals surface area contributed by atoms with Crippen LogP contribution in [-0.4, -0.2) is 31.7 Å². The van der Waals surface area contributed by atoms with Crippen LogP contribution in [-0.2, 0) is 13.1 Å². The molecule has 2 aromatic rings. The summed E-state index contributed by atoms with van der Waals surface area (Å²) in [7, 11) is 0. The van der Waals surface area contributed by atoms with Crippen molar-refractivity contribution in [3.05, 3.63) is 35.4 Å². The third-order valence-corrected chi connectivity index (χ3v) is 2.44. The number of nitrogens with zero attached hydrogens (tertiary/aromatic N) is 4. The van der Waals surface area contributed by atoms with Gasteiger partial charge in [0.05, 0.1) is 31.6 Å². The van der Waals surface area contributed by atoms with Gasteiger partial charge in [0, 0.05) is 6.20 Å². The Morgan fingerprint density at radius 2 is 2.35 bits per heavy atom. The molecule has 0 aliphatic carbocycles. The summed E-state index contributed by atoms with van der Waals surface area (Å²) in [5.41, 5.74) is 1.53. The molecular weight excluding hydrogens is 242 g/mol. The minimum Gasteiger partial charge on any atom is -0.394 e. The maximum atomic E-state index is 8.74. The molecule has 0 radical (unpaired) electrons. The zero-order chi connectivity index (χ0) is 12.1. The second-order valence-electron chi connectivity index (χ2n) is 3.39. The Kier molecular flexibility index (Phi) is 3.89. The first kappa shape index (κ1) is 11.8. The van der Waals surface area contributed by atoms with Crippen molar-refractivity contribution in [2.24, 2.45) is 0 Å². The summed E-state index contributed by atoms with van der Waals surface area (Å²) < 4.78 is 1.59. The van der Waals surface area contributed by atoms with Crippen LogP contribution >= 0.6 is 11.6 Å². The van der Waals surface area contributed by atoms with E-state index in [1.54, 1.807) is 23.1 Å². The highest BCUT2D eigenvalue weighted by Crippen LogP contribution is 2.17. The average molecular weight is 254 g/mol. The minimum atomic E-state index is 0.0463. The fourth-order valence-electron chi connectivity index (χ4n) is 1.33. The molecule has 0 saturated heterocycles. The van der Waals surface area contributed by atoms with Crippen molar-refractivity contribution >= 4 is 17.3 Å². The van der Waals surface area contributed by atoms with Crippen molar-refractivity contribution in [3.8, 4) is 0 Å². The molecule has 2 N–H and O–H groups in total. The second-order valence-corrected chi connectivity index (χ2v) is 3.75. The summed E-state index contributed by atoms with van der Waals surface area (Å²) in [6, 6.07) is 3.64. The van der Waals surface area contributed by atoms with Crippen LogP contribution < -0.4 is 5.32 Å². The van der Waals surface area contributed by atoms with Crippen molar-refractivity contribution in [2.45, 2.75) is 13.1 Å². The van der Waals surface area contributed by atoms with E-state index in [4.69, 9.17) is 16.7 Å². The van der Waals surface area contributed by atoms with Gasteiger partial charge in [-0.2, -0.15) is 0 Å². The molecule has 0 bridgehead atoms. The van der Waals surface area contributed by atoms with Gasteiger partial charge >= 0.3 is 0 Å². The number of halogens is 1. The van der Waals surface area contributed by atoms with Crippen molar-refractivity contribution in [1.29, 1.82) is 0 Å². The Bertz CT molecular complexity index is 487. The van der Waals surface area contributed by atoms with Crippen molar-refractivity contribution in [2.75, 3.05) is 11.9 Å². The summed E-state index contributed by atoms with van der Waals surface area (Å²) >= 11 is 5.90. The molecule has 0 aliphatic rings. The number of anilines is 1. The van der Waals surface area contributed by atoms with Crippen LogP contribution in [0.5, 0.6) is 0 Å². The van der Waals surface area contributed by atoms with Crippen LogP contribution in [0.25, 0.3) is 0 Å². The van der Waals surface area contributed by atoms with Crippen LogP contribution in [0.3, 0.4) is 0 Å². The highest BCUT2D eigenvalue weighted by atomic mass is 35.5. The molecular formula is C10H12ClN5O. The number of aliphatic hydroxyl groups excluding tert-OH is 1. The Hall–Kier alpha value is -1.66. The third-order valence-electron chi connectivity index (χ3n) is 2.13. The molecule has 0 aromatic carbocycles. The fourth-order valence-corrected chi connectivity index (χ4v) is 1.52. The average Bonchev–Trinajstić information content (AvgIpc) is 2.76. The van der Waals surface area contributed by atoms with Crippen molar-refractivity contribution in [3.63, 3.8) is 0 Å². The van der Waals surface area contributed by atoms with E-state index in [1.807, 2.05) is 6.07 Å². The summed E-state index contributed by atoms with van der Waals surface area (Å²) in [6.07, 6.45) is 3.40. The number of hydrogen-bond donors (Lipinski definition) is 2. The van der Waals surface area contributed by atoms with Gasteiger partial charge < -0.3 is 10.4 Å². The Morgan fingerprint density at radius 1 is 1.47 bits per heavy atom. The Morgan fingerprint density at radius 3 is 3.12 bits per heavy atom. The summed E-state index contributed by atoms with van der Waals surface area (Å²) in [5.74, 6) is 0. The van der Waals surface area contributed by atoms with Gasteiger partial charge in [-0.15, -0.1) is 5.10 Å². The predicted octanol–water partition coefficient (Wildman–Crippen LogP) is 0.931. The van der Waals surface area contributed by atoms with Gasteiger partial charge in [-0.05, 0) is 12.1 Å². The first-order valence-electron chi connectivity index (χ1n) is 5.14. The monoisotopic (exact) mass is 253 g/mol. The van der Waals surface area contributed by atoms with E-state index in [0.29, 0.717) is 18.2 Å². The molecule has 0 atom stereocenters. The molecule has 7 heteroatoms. The van der Waals surface area contributed by atoms with Gasteiger partial charge in [-0.1, -0.05) is 16.8 Å². The fraction of sp³-hybridized carbons (Fsp3) is 0.300. The maximum absolute atomic E-state index is 8.74. The molecule has 0 spiro atoms. The Labute approximate surface area is 103 Å². The molecule has 17 heavy (non-hydrogen) atoms. The molecule has 2 aromatic heterocycles. The van der Waals surface area contributed by atoms with E-state index in [1.165, 1.54) is 0 Å². The number of nitrogens with one attached hydrogen (secondary N) is 1. The second kappa shape index (κ2) is 5.60. The van der Waals surface area contributed by atoms with E-state index < -0.39 is 0 Å². The molecule has 6 nitrogen and oxygen atoms in total. The van der Waals surface area contributed by atoms with E-state index in [0.717, 1.165) is 11.4 Å². The van der Waals surface area contributed by atoms with Crippen LogP contribution in [0.1, 0.15) is 5.69 Å². The molecule has 0 fully saturated rings. The number of hydrogen-bond acceptors (Lipinski definition) is 5. The zero-order valence-electron chi connectivity index (χ0n) is 9.04. The van der Waals surface area contributed by atoms with Gasteiger partial charge in [0.1, 0.15) is 5.69 Å². The topological polar surface area (TPSA) is 75.9 Å². The smallest absolute Gasteiger partial charge is 0.152 e. The van der Waals surface area contributed by atoms with E-state index >= 15 is 0 Å². The SMILES string of the molecule is OCCn1cc(CNc2cccnc2Cl)nn1. The largest absolute Gasteiger partial charge is 0.394 e. The van der Waals surface area contributed by atoms with Crippen molar-refractivity contribution < 1.29 is 5.11 Å². The van der Waals surface area contributed by atoms with E-state index in [2.05, 4.69) is 20.6 Å². The molecule has 0 unspecified atom stereocenters. The van der Waals surface area contributed by atoms with Gasteiger partial charge in [-0.25, -0.2) is 9.67 Å². The molecule has 0 saturated carbocycles. The van der Waals surface area contributed by atoms with Crippen molar-refractivity contribution in [1.82, 2.24) is 20.0 Å². The maximum Gasteiger partial charge on any atom is 0.152 e. The number of rotatable bonds is 5. The lowest BCUT2D eigenvalue weighted by Crippen LogP contribution is -2.02. The predicted molar refractivity (Wildman–Crippen MR) is 63.7 cm³/mol. The van der Waals surface area contributed by atoms with Gasteiger partial charge in [0.15, 0.2) is 5.15 Å². The number of aliphatic hydroxyl groups is 1. The summed E-state index contributed by atoms with van der Waals surface area (Å²) in [6.45, 7) is 1.00. The minimum absolute atomic E-state index is 0.0463. The van der Waals surface area contributed by atoms with E-state index in [-0.39, 0.29) is 6.61 Å². The van der Waals surface area contributed by atoms with Gasteiger partial charge in [0.25, 0.3) is 0 Å². The normalized spacial score (nSPS) is 10.5. The standard InChI is InChI=1S/C10H12ClN5O/c11-10-9(2-1-3-12-10)13-6-8-7-16(4-5-17)15-14-8/h1-3,7,13,17H,4-6H2. The van der Waals surface area contributed by atoms with Gasteiger partial charge in [0.2, 0.25) is 0 Å². The Balaban J connectivity index is 1.95. The highest BCUT2D eigenvalue weighted by Gasteiger charge is 2.02. The summed E-state index contributed by atoms with van der Waals surface area (Å²) in [4.78, 5) is 3.95. The highest BCUT2D eigenvalue weighted by molar-refractivity contribution is 6.31. The quantitative estimate of drug-likeness (QED) is 0.776. The number of aromatic nitrogens is 4. The zero-order valence-corrected chi connectivity index (χ0v) is 9.80. The molecule has 2 heterocycles. The summed E-state index contributed by atoms with van der Waals surface area (Å²) in [5, 5.41) is 20.1. The molecule has 0 amide bonds. The first-order valence-corrected chi connectivity index (χ1v) is 5.51. The first-order chi connectivity index (χ1) is 8.29. The lowest BCUT2D eigenvalue weighted by atomic mass is 10.4. The van der Waals surface area contributed by atoms with Crippen LogP contribution in [0.15, 0.2) is 24.5 Å². The van der Waals surface area contributed by atoms with E-state index in [9.17, 15) is 0 Å². The third kappa shape index (κ3) is 3.15. The lowest BCUT2D eigenvalue weighted by molar-refractivity contribution is 0.268. The number of pyridine rings is 1. The van der Waals surface area contributed by atoms with Crippen LogP contribution in [0.4, 0.5) is 5.69 Å². The van der Waals surface area contributed by atoms with Crippen LogP contribution in [0, 0.1) is 0 Å². The van der Waals surface area contributed by atoms with Crippen LogP contribution in [0.2, 0.25) is 5.15 Å². The molecule has 0 aliphatic heterocycles. The molecule has 90 valence electrons.